The first-order valence-electron chi connectivity index (χ1n) is 10.3. The van der Waals surface area contributed by atoms with E-state index < -0.39 is 23.3 Å². The molecule has 3 aromatic carbocycles. The number of pyridine rings is 1. The Labute approximate surface area is 208 Å². The molecule has 0 fully saturated rings. The molecular formula is C25H15Cl2F2N3O3. The molecule has 0 saturated heterocycles. The summed E-state index contributed by atoms with van der Waals surface area (Å²) in [5.74, 6) is -3.25. The highest BCUT2D eigenvalue weighted by Crippen LogP contribution is 2.50. The van der Waals surface area contributed by atoms with Crippen LogP contribution in [0.5, 0.6) is 11.5 Å². The third kappa shape index (κ3) is 4.34. The van der Waals surface area contributed by atoms with Gasteiger partial charge in [-0.1, -0.05) is 29.3 Å². The molecule has 6 nitrogen and oxygen atoms in total. The van der Waals surface area contributed by atoms with Crippen molar-refractivity contribution in [2.45, 2.75) is 5.79 Å². The Kier molecular flexibility index (Phi) is 5.92. The average molecular weight is 514 g/mol. The largest absolute Gasteiger partial charge is 0.440 e. The summed E-state index contributed by atoms with van der Waals surface area (Å²) in [5, 5.41) is 0.599. The van der Waals surface area contributed by atoms with Crippen LogP contribution >= 0.6 is 23.2 Å². The molecule has 5 rings (SSSR count). The maximum absolute atomic E-state index is 14.9. The van der Waals surface area contributed by atoms with Gasteiger partial charge in [-0.15, -0.1) is 0 Å². The fourth-order valence-electron chi connectivity index (χ4n) is 3.63. The quantitative estimate of drug-likeness (QED) is 0.315. The SMILES string of the molecule is O=C(NNc1ccccn1)c1cc2c(cc1F)OC(c1ccc(F)cc1)(c1ccc(Cl)cc1Cl)O2. The normalized spacial score (nSPS) is 16.1. The topological polar surface area (TPSA) is 72.5 Å². The second kappa shape index (κ2) is 9.05. The molecule has 0 saturated carbocycles. The lowest BCUT2D eigenvalue weighted by Gasteiger charge is -2.29. The lowest BCUT2D eigenvalue weighted by atomic mass is 9.97. The van der Waals surface area contributed by atoms with Crippen molar-refractivity contribution in [1.82, 2.24) is 10.4 Å². The summed E-state index contributed by atoms with van der Waals surface area (Å²) in [6.07, 6.45) is 1.53. The van der Waals surface area contributed by atoms with Crippen LogP contribution in [0.25, 0.3) is 0 Å². The number of carbonyl (C=O) groups is 1. The van der Waals surface area contributed by atoms with Gasteiger partial charge in [0.25, 0.3) is 5.91 Å². The Hall–Kier alpha value is -3.88. The second-order valence-electron chi connectivity index (χ2n) is 7.52. The average Bonchev–Trinajstić information content (AvgIpc) is 3.22. The van der Waals surface area contributed by atoms with Crippen LogP contribution in [-0.4, -0.2) is 10.9 Å². The molecule has 2 heterocycles. The van der Waals surface area contributed by atoms with E-state index in [0.29, 0.717) is 22.0 Å². The number of benzene rings is 3. The van der Waals surface area contributed by atoms with E-state index in [1.165, 1.54) is 42.6 Å². The van der Waals surface area contributed by atoms with Crippen LogP contribution < -0.4 is 20.3 Å². The van der Waals surface area contributed by atoms with Crippen LogP contribution in [0.1, 0.15) is 21.5 Å². The van der Waals surface area contributed by atoms with Gasteiger partial charge in [-0.3, -0.25) is 15.6 Å². The molecule has 10 heteroatoms. The molecule has 176 valence electrons. The third-order valence-corrected chi connectivity index (χ3v) is 5.81. The summed E-state index contributed by atoms with van der Waals surface area (Å²) in [4.78, 5) is 16.7. The van der Waals surface area contributed by atoms with Crippen molar-refractivity contribution >= 4 is 34.9 Å². The first-order valence-corrected chi connectivity index (χ1v) is 11.0. The fraction of sp³-hybridized carbons (Fsp3) is 0.0400. The number of hydrogen-bond acceptors (Lipinski definition) is 5. The summed E-state index contributed by atoms with van der Waals surface area (Å²) in [6, 6.07) is 17.4. The zero-order valence-corrected chi connectivity index (χ0v) is 19.2. The van der Waals surface area contributed by atoms with Crippen molar-refractivity contribution in [3.05, 3.63) is 117 Å². The molecular weight excluding hydrogens is 499 g/mol. The molecule has 1 aliphatic heterocycles. The Morgan fingerprint density at radius 2 is 1.66 bits per heavy atom. The van der Waals surface area contributed by atoms with Crippen molar-refractivity contribution in [2.24, 2.45) is 0 Å². The van der Waals surface area contributed by atoms with Crippen molar-refractivity contribution in [1.29, 1.82) is 0 Å². The molecule has 0 aliphatic carbocycles. The monoisotopic (exact) mass is 513 g/mol. The standard InChI is InChI=1S/C25H15Cl2F2N3O3/c26-15-6-9-18(19(27)11-15)25(14-4-7-16(28)8-5-14)34-21-12-17(20(29)13-22(21)35-25)24(33)32-31-23-3-1-2-10-30-23/h1-13H,(H,30,31)(H,32,33). The zero-order valence-electron chi connectivity index (χ0n) is 17.7. The van der Waals surface area contributed by atoms with Crippen LogP contribution in [0.15, 0.2) is 79.0 Å². The number of amides is 1. The molecule has 1 aromatic heterocycles. The Morgan fingerprint density at radius 3 is 2.34 bits per heavy atom. The van der Waals surface area contributed by atoms with E-state index in [2.05, 4.69) is 15.8 Å². The minimum absolute atomic E-state index is 0.0343. The Balaban J connectivity index is 1.52. The van der Waals surface area contributed by atoms with Crippen molar-refractivity contribution in [3.63, 3.8) is 0 Å². The lowest BCUT2D eigenvalue weighted by molar-refractivity contribution is -0.0459. The predicted octanol–water partition coefficient (Wildman–Crippen LogP) is 6.10. The summed E-state index contributed by atoms with van der Waals surface area (Å²) >= 11 is 12.5. The summed E-state index contributed by atoms with van der Waals surface area (Å²) in [5.41, 5.74) is 5.45. The number of hydrogen-bond donors (Lipinski definition) is 2. The zero-order chi connectivity index (χ0) is 24.6. The van der Waals surface area contributed by atoms with E-state index in [1.807, 2.05) is 0 Å². The van der Waals surface area contributed by atoms with E-state index in [9.17, 15) is 13.6 Å². The number of aromatic nitrogens is 1. The lowest BCUT2D eigenvalue weighted by Crippen LogP contribution is -2.37. The number of carbonyl (C=O) groups excluding carboxylic acids is 1. The van der Waals surface area contributed by atoms with E-state index in [0.717, 1.165) is 6.07 Å². The molecule has 1 atom stereocenters. The first kappa shape index (κ1) is 22.9. The number of halogens is 4. The maximum atomic E-state index is 14.9. The Bertz CT molecular complexity index is 1420. The number of rotatable bonds is 5. The van der Waals surface area contributed by atoms with Crippen LogP contribution in [0.3, 0.4) is 0 Å². The summed E-state index contributed by atoms with van der Waals surface area (Å²) in [7, 11) is 0. The van der Waals surface area contributed by atoms with E-state index in [4.69, 9.17) is 32.7 Å². The number of nitrogens with zero attached hydrogens (tertiary/aromatic N) is 1. The van der Waals surface area contributed by atoms with Gasteiger partial charge < -0.3 is 9.47 Å². The minimum atomic E-state index is -1.68. The van der Waals surface area contributed by atoms with Gasteiger partial charge in [-0.25, -0.2) is 13.8 Å². The predicted molar refractivity (Wildman–Crippen MR) is 127 cm³/mol. The van der Waals surface area contributed by atoms with Crippen LogP contribution in [0.2, 0.25) is 10.0 Å². The second-order valence-corrected chi connectivity index (χ2v) is 8.37. The van der Waals surface area contributed by atoms with E-state index in [-0.39, 0.29) is 22.1 Å². The van der Waals surface area contributed by atoms with Gasteiger partial charge >= 0.3 is 5.79 Å². The van der Waals surface area contributed by atoms with Gasteiger partial charge in [-0.05, 0) is 60.7 Å². The molecule has 35 heavy (non-hydrogen) atoms. The van der Waals surface area contributed by atoms with Gasteiger partial charge in [-0.2, -0.15) is 0 Å². The van der Waals surface area contributed by atoms with Crippen molar-refractivity contribution < 1.29 is 23.0 Å². The highest BCUT2D eigenvalue weighted by atomic mass is 35.5. The van der Waals surface area contributed by atoms with Crippen molar-refractivity contribution in [2.75, 3.05) is 5.43 Å². The third-order valence-electron chi connectivity index (χ3n) is 5.26. The fourth-order valence-corrected chi connectivity index (χ4v) is 4.17. The van der Waals surface area contributed by atoms with Gasteiger partial charge in [0.15, 0.2) is 11.5 Å². The van der Waals surface area contributed by atoms with Gasteiger partial charge in [0.2, 0.25) is 0 Å². The number of fused-ring (bicyclic) bond motifs is 1. The van der Waals surface area contributed by atoms with E-state index in [1.54, 1.807) is 30.3 Å². The maximum Gasteiger partial charge on any atom is 0.307 e. The molecule has 0 radical (unpaired) electrons. The smallest absolute Gasteiger partial charge is 0.307 e. The number of nitrogens with one attached hydrogen (secondary N) is 2. The first-order chi connectivity index (χ1) is 16.9. The molecule has 0 bridgehead atoms. The van der Waals surface area contributed by atoms with Crippen LogP contribution in [-0.2, 0) is 5.79 Å². The van der Waals surface area contributed by atoms with Crippen LogP contribution in [0.4, 0.5) is 14.6 Å². The number of anilines is 1. The van der Waals surface area contributed by atoms with E-state index >= 15 is 0 Å². The van der Waals surface area contributed by atoms with Gasteiger partial charge in [0, 0.05) is 22.8 Å². The highest BCUT2D eigenvalue weighted by Gasteiger charge is 2.47. The molecule has 1 unspecified atom stereocenters. The minimum Gasteiger partial charge on any atom is -0.440 e. The Morgan fingerprint density at radius 1 is 0.914 bits per heavy atom. The highest BCUT2D eigenvalue weighted by molar-refractivity contribution is 6.35. The molecule has 1 amide bonds. The molecule has 4 aromatic rings. The number of ether oxygens (including phenoxy) is 2. The molecule has 2 N–H and O–H groups in total. The summed E-state index contributed by atoms with van der Waals surface area (Å²) in [6.45, 7) is 0. The van der Waals surface area contributed by atoms with Crippen LogP contribution in [0, 0.1) is 11.6 Å². The summed E-state index contributed by atoms with van der Waals surface area (Å²) < 4.78 is 40.9. The molecule has 0 spiro atoms. The van der Waals surface area contributed by atoms with Crippen molar-refractivity contribution in [3.8, 4) is 11.5 Å². The number of hydrazine groups is 1. The van der Waals surface area contributed by atoms with Gasteiger partial charge in [0.1, 0.15) is 17.5 Å². The van der Waals surface area contributed by atoms with Gasteiger partial charge in [0.05, 0.1) is 16.1 Å². The molecule has 1 aliphatic rings.